The standard InChI is InChI=1S/C22H28N4O4/c1-3-15(23-16-12-8-9-13-17(16)24-18(27)4-2)19-20(28)25-22(30)26(21(19)29)14-10-6-5-7-11-14/h8-9,12-14,29H,3-7,10-11H2,1-2H3,(H,24,27)(H,25,28,30). The molecule has 1 amide bonds. The number of carbonyl (C=O) groups is 1. The predicted molar refractivity (Wildman–Crippen MR) is 117 cm³/mol. The van der Waals surface area contributed by atoms with Gasteiger partial charge in [0.05, 0.1) is 17.1 Å². The van der Waals surface area contributed by atoms with E-state index in [1.165, 1.54) is 4.57 Å². The number of aliphatic imine (C=N–C) groups is 1. The number of para-hydroxylation sites is 2. The van der Waals surface area contributed by atoms with Gasteiger partial charge in [-0.3, -0.25) is 24.1 Å². The molecule has 160 valence electrons. The van der Waals surface area contributed by atoms with Crippen LogP contribution in [0.25, 0.3) is 0 Å². The second-order valence-corrected chi connectivity index (χ2v) is 7.45. The minimum atomic E-state index is -0.666. The molecule has 1 aliphatic carbocycles. The van der Waals surface area contributed by atoms with Crippen molar-refractivity contribution in [2.75, 3.05) is 5.32 Å². The Labute approximate surface area is 174 Å². The lowest BCUT2D eigenvalue weighted by Gasteiger charge is -2.25. The molecule has 0 radical (unpaired) electrons. The van der Waals surface area contributed by atoms with Gasteiger partial charge in [-0.15, -0.1) is 0 Å². The predicted octanol–water partition coefficient (Wildman–Crippen LogP) is 3.63. The summed E-state index contributed by atoms with van der Waals surface area (Å²) in [6.45, 7) is 3.58. The summed E-state index contributed by atoms with van der Waals surface area (Å²) in [5.41, 5.74) is 0.0763. The maximum atomic E-state index is 12.6. The third-order valence-electron chi connectivity index (χ3n) is 5.44. The van der Waals surface area contributed by atoms with Gasteiger partial charge < -0.3 is 10.4 Å². The summed E-state index contributed by atoms with van der Waals surface area (Å²) >= 11 is 0. The fraction of sp³-hybridized carbons (Fsp3) is 0.455. The summed E-state index contributed by atoms with van der Waals surface area (Å²) in [7, 11) is 0. The van der Waals surface area contributed by atoms with Crippen molar-refractivity contribution in [3.05, 3.63) is 50.7 Å². The molecule has 0 bridgehead atoms. The highest BCUT2D eigenvalue weighted by molar-refractivity contribution is 6.04. The number of amides is 1. The Morgan fingerprint density at radius 1 is 1.17 bits per heavy atom. The van der Waals surface area contributed by atoms with Gasteiger partial charge >= 0.3 is 5.69 Å². The topological polar surface area (TPSA) is 117 Å². The average Bonchev–Trinajstić information content (AvgIpc) is 2.74. The highest BCUT2D eigenvalue weighted by Crippen LogP contribution is 2.31. The van der Waals surface area contributed by atoms with E-state index < -0.39 is 11.2 Å². The summed E-state index contributed by atoms with van der Waals surface area (Å²) in [5, 5.41) is 13.7. The highest BCUT2D eigenvalue weighted by atomic mass is 16.3. The van der Waals surface area contributed by atoms with E-state index in [1.807, 2.05) is 6.92 Å². The Bertz CT molecular complexity index is 1060. The first-order valence-electron chi connectivity index (χ1n) is 10.5. The van der Waals surface area contributed by atoms with Gasteiger partial charge in [0.2, 0.25) is 11.8 Å². The maximum Gasteiger partial charge on any atom is 0.331 e. The van der Waals surface area contributed by atoms with Crippen LogP contribution >= 0.6 is 0 Å². The van der Waals surface area contributed by atoms with Crippen LogP contribution in [0, 0.1) is 0 Å². The second-order valence-electron chi connectivity index (χ2n) is 7.45. The smallest absolute Gasteiger partial charge is 0.331 e. The number of nitrogens with one attached hydrogen (secondary N) is 2. The van der Waals surface area contributed by atoms with Crippen LogP contribution in [0.3, 0.4) is 0 Å². The number of hydrogen-bond donors (Lipinski definition) is 3. The molecule has 3 rings (SSSR count). The summed E-state index contributed by atoms with van der Waals surface area (Å²) in [6.07, 6.45) is 5.30. The number of carbonyl (C=O) groups excluding carboxylic acids is 1. The second kappa shape index (κ2) is 9.56. The first-order chi connectivity index (χ1) is 14.5. The van der Waals surface area contributed by atoms with Crippen molar-refractivity contribution in [3.63, 3.8) is 0 Å². The van der Waals surface area contributed by atoms with Crippen LogP contribution in [0.15, 0.2) is 38.8 Å². The molecule has 8 nitrogen and oxygen atoms in total. The number of anilines is 1. The number of H-pyrrole nitrogens is 1. The third kappa shape index (κ3) is 4.53. The van der Waals surface area contributed by atoms with Crippen molar-refractivity contribution in [2.24, 2.45) is 4.99 Å². The Hall–Kier alpha value is -3.16. The monoisotopic (exact) mass is 412 g/mol. The van der Waals surface area contributed by atoms with Gasteiger partial charge in [0, 0.05) is 12.5 Å². The summed E-state index contributed by atoms with van der Waals surface area (Å²) in [6, 6.07) is 6.87. The molecule has 2 aromatic rings. The zero-order valence-electron chi connectivity index (χ0n) is 17.4. The van der Waals surface area contributed by atoms with Gasteiger partial charge in [0.15, 0.2) is 0 Å². The molecule has 0 aliphatic heterocycles. The molecule has 0 saturated heterocycles. The Morgan fingerprint density at radius 2 is 1.87 bits per heavy atom. The number of benzene rings is 1. The Kier molecular flexibility index (Phi) is 6.87. The molecule has 1 saturated carbocycles. The highest BCUT2D eigenvalue weighted by Gasteiger charge is 2.25. The molecular weight excluding hydrogens is 384 g/mol. The fourth-order valence-corrected chi connectivity index (χ4v) is 3.85. The normalized spacial score (nSPS) is 15.2. The van der Waals surface area contributed by atoms with E-state index in [2.05, 4.69) is 15.3 Å². The lowest BCUT2D eigenvalue weighted by molar-refractivity contribution is -0.115. The van der Waals surface area contributed by atoms with Gasteiger partial charge in [-0.25, -0.2) is 4.79 Å². The molecule has 1 fully saturated rings. The van der Waals surface area contributed by atoms with E-state index in [4.69, 9.17) is 0 Å². The van der Waals surface area contributed by atoms with E-state index in [0.29, 0.717) is 29.9 Å². The molecule has 1 aromatic heterocycles. The molecule has 0 unspecified atom stereocenters. The minimum Gasteiger partial charge on any atom is -0.494 e. The largest absolute Gasteiger partial charge is 0.494 e. The zero-order chi connectivity index (χ0) is 21.7. The van der Waals surface area contributed by atoms with Crippen molar-refractivity contribution < 1.29 is 9.90 Å². The molecule has 3 N–H and O–H groups in total. The Morgan fingerprint density at radius 3 is 2.53 bits per heavy atom. The SMILES string of the molecule is CCC(=O)Nc1ccccc1N=C(CC)c1c(O)n(C2CCCCC2)c(=O)[nH]c1=O. The van der Waals surface area contributed by atoms with Crippen molar-refractivity contribution in [1.29, 1.82) is 0 Å². The molecule has 1 aliphatic rings. The van der Waals surface area contributed by atoms with Crippen molar-refractivity contribution in [3.8, 4) is 5.88 Å². The fourth-order valence-electron chi connectivity index (χ4n) is 3.85. The number of nitrogens with zero attached hydrogens (tertiary/aromatic N) is 2. The lowest BCUT2D eigenvalue weighted by atomic mass is 9.95. The number of aromatic nitrogens is 2. The van der Waals surface area contributed by atoms with Crippen LogP contribution in [0.5, 0.6) is 5.88 Å². The summed E-state index contributed by atoms with van der Waals surface area (Å²) < 4.78 is 1.30. The summed E-state index contributed by atoms with van der Waals surface area (Å²) in [5.74, 6) is -0.492. The van der Waals surface area contributed by atoms with Crippen LogP contribution in [-0.4, -0.2) is 26.3 Å². The van der Waals surface area contributed by atoms with Crippen molar-refractivity contribution >= 4 is 23.0 Å². The van der Waals surface area contributed by atoms with Gasteiger partial charge in [0.25, 0.3) is 5.56 Å². The van der Waals surface area contributed by atoms with Crippen LogP contribution in [-0.2, 0) is 4.79 Å². The van der Waals surface area contributed by atoms with Crippen LogP contribution in [0.4, 0.5) is 11.4 Å². The first kappa shape index (κ1) is 21.5. The lowest BCUT2D eigenvalue weighted by Crippen LogP contribution is -2.36. The van der Waals surface area contributed by atoms with Gasteiger partial charge in [-0.2, -0.15) is 0 Å². The van der Waals surface area contributed by atoms with Crippen LogP contribution in [0.2, 0.25) is 0 Å². The van der Waals surface area contributed by atoms with E-state index >= 15 is 0 Å². The minimum absolute atomic E-state index is 0.000653. The van der Waals surface area contributed by atoms with E-state index in [0.717, 1.165) is 32.1 Å². The quantitative estimate of drug-likeness (QED) is 0.628. The molecule has 30 heavy (non-hydrogen) atoms. The number of hydrogen-bond acceptors (Lipinski definition) is 5. The molecule has 0 spiro atoms. The molecule has 8 heteroatoms. The van der Waals surface area contributed by atoms with Gasteiger partial charge in [-0.05, 0) is 31.4 Å². The molecule has 1 aromatic carbocycles. The average molecular weight is 412 g/mol. The van der Waals surface area contributed by atoms with Gasteiger partial charge in [-0.1, -0.05) is 45.2 Å². The van der Waals surface area contributed by atoms with Crippen molar-refractivity contribution in [1.82, 2.24) is 9.55 Å². The van der Waals surface area contributed by atoms with Crippen LogP contribution in [0.1, 0.15) is 70.4 Å². The number of aromatic amines is 1. The van der Waals surface area contributed by atoms with E-state index in [1.54, 1.807) is 31.2 Å². The molecular formula is C22H28N4O4. The number of aromatic hydroxyl groups is 1. The third-order valence-corrected chi connectivity index (χ3v) is 5.44. The van der Waals surface area contributed by atoms with Crippen molar-refractivity contribution in [2.45, 2.75) is 64.8 Å². The van der Waals surface area contributed by atoms with Crippen LogP contribution < -0.4 is 16.6 Å². The van der Waals surface area contributed by atoms with E-state index in [9.17, 15) is 19.5 Å². The number of rotatable bonds is 6. The maximum absolute atomic E-state index is 12.6. The first-order valence-corrected chi connectivity index (χ1v) is 10.5. The van der Waals surface area contributed by atoms with Gasteiger partial charge in [0.1, 0.15) is 5.56 Å². The van der Waals surface area contributed by atoms with E-state index in [-0.39, 0.29) is 23.4 Å². The summed E-state index contributed by atoms with van der Waals surface area (Å²) in [4.78, 5) is 43.8. The zero-order valence-corrected chi connectivity index (χ0v) is 17.4. The molecule has 0 atom stereocenters. The molecule has 1 heterocycles. The Balaban J connectivity index is 2.11.